The molecule has 1 aromatic carbocycles. The molecular weight excluding hydrogens is 340 g/mol. The summed E-state index contributed by atoms with van der Waals surface area (Å²) in [5.74, 6) is 0.854. The highest BCUT2D eigenvalue weighted by atomic mass is 16.5. The molecule has 1 aliphatic heterocycles. The molecule has 0 N–H and O–H groups in total. The van der Waals surface area contributed by atoms with E-state index in [2.05, 4.69) is 10.00 Å². The lowest BCUT2D eigenvalue weighted by atomic mass is 9.90. The van der Waals surface area contributed by atoms with Gasteiger partial charge in [-0.15, -0.1) is 0 Å². The number of likely N-dealkylation sites (tertiary alicyclic amines) is 1. The molecule has 0 radical (unpaired) electrons. The smallest absolute Gasteiger partial charge is 0.256 e. The van der Waals surface area contributed by atoms with E-state index in [0.717, 1.165) is 43.4 Å². The van der Waals surface area contributed by atoms with Gasteiger partial charge in [-0.05, 0) is 49.9 Å². The molecule has 1 aromatic heterocycles. The first kappa shape index (κ1) is 18.0. The van der Waals surface area contributed by atoms with Crippen molar-refractivity contribution in [1.29, 1.82) is 0 Å². The third-order valence-corrected chi connectivity index (χ3v) is 5.71. The van der Waals surface area contributed by atoms with E-state index in [1.807, 2.05) is 24.3 Å². The van der Waals surface area contributed by atoms with Crippen molar-refractivity contribution in [1.82, 2.24) is 19.6 Å². The molecule has 1 saturated heterocycles. The third kappa shape index (κ3) is 4.00. The first-order valence-electron chi connectivity index (χ1n) is 9.87. The second kappa shape index (κ2) is 7.72. The van der Waals surface area contributed by atoms with Crippen LogP contribution in [0.4, 0.5) is 0 Å². The molecule has 1 amide bonds. The third-order valence-electron chi connectivity index (χ3n) is 5.71. The molecule has 2 aliphatic rings. The molecule has 1 aliphatic carbocycles. The first-order chi connectivity index (χ1) is 13.1. The molecule has 0 spiro atoms. The Labute approximate surface area is 160 Å². The number of amides is 1. The van der Waals surface area contributed by atoms with Crippen molar-refractivity contribution in [2.45, 2.75) is 44.2 Å². The molecule has 1 saturated carbocycles. The molecule has 4 rings (SSSR count). The Bertz CT molecular complexity index is 772. The number of hydrogen-bond acceptors (Lipinski definition) is 4. The van der Waals surface area contributed by atoms with E-state index in [0.29, 0.717) is 11.7 Å². The molecule has 2 fully saturated rings. The zero-order valence-electron chi connectivity index (χ0n) is 16.2. The number of carbonyl (C=O) groups is 1. The summed E-state index contributed by atoms with van der Waals surface area (Å²) in [4.78, 5) is 16.2. The van der Waals surface area contributed by atoms with Crippen LogP contribution < -0.4 is 4.74 Å². The van der Waals surface area contributed by atoms with Crippen LogP contribution >= 0.6 is 0 Å². The fourth-order valence-electron chi connectivity index (χ4n) is 3.81. The normalized spacial score (nSPS) is 18.9. The second-order valence-electron chi connectivity index (χ2n) is 7.80. The lowest BCUT2D eigenvalue weighted by Crippen LogP contribution is -2.46. The number of carbonyl (C=O) groups excluding carboxylic acids is 1. The van der Waals surface area contributed by atoms with Crippen LogP contribution in [0, 0.1) is 0 Å². The van der Waals surface area contributed by atoms with Gasteiger partial charge >= 0.3 is 0 Å². The maximum atomic E-state index is 12.0. The molecule has 2 aromatic rings. The Morgan fingerprint density at radius 2 is 1.81 bits per heavy atom. The summed E-state index contributed by atoms with van der Waals surface area (Å²) in [6.45, 7) is 2.31. The molecular formula is C21H28N4O2. The van der Waals surface area contributed by atoms with E-state index in [-0.39, 0.29) is 5.91 Å². The highest BCUT2D eigenvalue weighted by Gasteiger charge is 2.29. The van der Waals surface area contributed by atoms with Crippen LogP contribution in [0.5, 0.6) is 5.75 Å². The zero-order chi connectivity index (χ0) is 18.8. The Kier molecular flexibility index (Phi) is 5.16. The highest BCUT2D eigenvalue weighted by Crippen LogP contribution is 2.28. The number of ether oxygens (including phenoxy) is 1. The molecule has 6 heteroatoms. The van der Waals surface area contributed by atoms with Crippen molar-refractivity contribution in [2.24, 2.45) is 0 Å². The van der Waals surface area contributed by atoms with Crippen LogP contribution in [0.25, 0.3) is 5.69 Å². The highest BCUT2D eigenvalue weighted by molar-refractivity contribution is 5.93. The molecule has 0 atom stereocenters. The molecule has 2 heterocycles. The molecule has 0 unspecified atom stereocenters. The van der Waals surface area contributed by atoms with E-state index >= 15 is 0 Å². The Balaban J connectivity index is 1.33. The van der Waals surface area contributed by atoms with Gasteiger partial charge in [-0.3, -0.25) is 4.79 Å². The molecule has 27 heavy (non-hydrogen) atoms. The van der Waals surface area contributed by atoms with Gasteiger partial charge in [0.25, 0.3) is 5.91 Å². The maximum absolute atomic E-state index is 12.0. The summed E-state index contributed by atoms with van der Waals surface area (Å²) in [6, 6.07) is 8.78. The summed E-state index contributed by atoms with van der Waals surface area (Å²) < 4.78 is 7.90. The SMILES string of the molecule is CN(C)C(=O)c1cnn(-c2ccc(OC3CCN(C4CCC4)CC3)cc2)c1. The Hall–Kier alpha value is -2.34. The van der Waals surface area contributed by atoms with Crippen LogP contribution in [-0.2, 0) is 0 Å². The second-order valence-corrected chi connectivity index (χ2v) is 7.80. The number of rotatable bonds is 5. The summed E-state index contributed by atoms with van der Waals surface area (Å²) in [5.41, 5.74) is 1.50. The summed E-state index contributed by atoms with van der Waals surface area (Å²) >= 11 is 0. The van der Waals surface area contributed by atoms with E-state index < -0.39 is 0 Å². The van der Waals surface area contributed by atoms with E-state index in [1.54, 1.807) is 36.1 Å². The lowest BCUT2D eigenvalue weighted by Gasteiger charge is -2.41. The summed E-state index contributed by atoms with van der Waals surface area (Å²) in [5, 5.41) is 4.30. The van der Waals surface area contributed by atoms with Crippen LogP contribution in [0.1, 0.15) is 42.5 Å². The van der Waals surface area contributed by atoms with Crippen molar-refractivity contribution in [3.63, 3.8) is 0 Å². The summed E-state index contributed by atoms with van der Waals surface area (Å²) in [7, 11) is 3.48. The quantitative estimate of drug-likeness (QED) is 0.814. The number of nitrogens with zero attached hydrogens (tertiary/aromatic N) is 4. The number of aromatic nitrogens is 2. The van der Waals surface area contributed by atoms with E-state index in [1.165, 1.54) is 19.3 Å². The number of piperidine rings is 1. The lowest BCUT2D eigenvalue weighted by molar-refractivity contribution is 0.0493. The van der Waals surface area contributed by atoms with E-state index in [4.69, 9.17) is 4.74 Å². The average molecular weight is 368 g/mol. The van der Waals surface area contributed by atoms with Crippen LogP contribution in [0.3, 0.4) is 0 Å². The van der Waals surface area contributed by atoms with Crippen molar-refractivity contribution < 1.29 is 9.53 Å². The van der Waals surface area contributed by atoms with Crippen LogP contribution in [-0.4, -0.2) is 64.8 Å². The average Bonchev–Trinajstić information content (AvgIpc) is 3.12. The maximum Gasteiger partial charge on any atom is 0.256 e. The molecule has 144 valence electrons. The van der Waals surface area contributed by atoms with Gasteiger partial charge < -0.3 is 14.5 Å². The predicted octanol–water partition coefficient (Wildman–Crippen LogP) is 2.97. The monoisotopic (exact) mass is 368 g/mol. The number of benzene rings is 1. The zero-order valence-corrected chi connectivity index (χ0v) is 16.2. The minimum absolute atomic E-state index is 0.0468. The predicted molar refractivity (Wildman–Crippen MR) is 104 cm³/mol. The summed E-state index contributed by atoms with van der Waals surface area (Å²) in [6.07, 6.45) is 10.0. The Morgan fingerprint density at radius 3 is 2.41 bits per heavy atom. The van der Waals surface area contributed by atoms with Gasteiger partial charge in [0.05, 0.1) is 17.4 Å². The topological polar surface area (TPSA) is 50.6 Å². The van der Waals surface area contributed by atoms with Gasteiger partial charge in [-0.25, -0.2) is 4.68 Å². The van der Waals surface area contributed by atoms with Crippen molar-refractivity contribution >= 4 is 5.91 Å². The largest absolute Gasteiger partial charge is 0.490 e. The molecule has 0 bridgehead atoms. The number of hydrogen-bond donors (Lipinski definition) is 0. The fourth-order valence-corrected chi connectivity index (χ4v) is 3.81. The fraction of sp³-hybridized carbons (Fsp3) is 0.524. The standard InChI is InChI=1S/C21H28N4O2/c1-23(2)21(26)16-14-22-25(15-16)18-6-8-19(9-7-18)27-20-10-12-24(13-11-20)17-4-3-5-17/h6-9,14-15,17,20H,3-5,10-13H2,1-2H3. The first-order valence-corrected chi connectivity index (χ1v) is 9.87. The van der Waals surface area contributed by atoms with E-state index in [9.17, 15) is 4.79 Å². The van der Waals surface area contributed by atoms with Crippen molar-refractivity contribution in [3.05, 3.63) is 42.2 Å². The Morgan fingerprint density at radius 1 is 1.11 bits per heavy atom. The van der Waals surface area contributed by atoms with Gasteiger partial charge in [0.2, 0.25) is 0 Å². The van der Waals surface area contributed by atoms with Gasteiger partial charge in [0, 0.05) is 39.4 Å². The van der Waals surface area contributed by atoms with Gasteiger partial charge in [-0.2, -0.15) is 5.10 Å². The van der Waals surface area contributed by atoms with Gasteiger partial charge in [0.15, 0.2) is 0 Å². The molecule has 6 nitrogen and oxygen atoms in total. The van der Waals surface area contributed by atoms with Crippen molar-refractivity contribution in [2.75, 3.05) is 27.2 Å². The van der Waals surface area contributed by atoms with Crippen molar-refractivity contribution in [3.8, 4) is 11.4 Å². The van der Waals surface area contributed by atoms with Crippen LogP contribution in [0.2, 0.25) is 0 Å². The minimum atomic E-state index is -0.0468. The van der Waals surface area contributed by atoms with Gasteiger partial charge in [0.1, 0.15) is 11.9 Å². The van der Waals surface area contributed by atoms with Gasteiger partial charge in [-0.1, -0.05) is 6.42 Å². The van der Waals surface area contributed by atoms with Crippen LogP contribution in [0.15, 0.2) is 36.7 Å². The minimum Gasteiger partial charge on any atom is -0.490 e.